The fourth-order valence-electron chi connectivity index (χ4n) is 1.70. The van der Waals surface area contributed by atoms with Gasteiger partial charge in [-0.05, 0) is 68.9 Å². The molecule has 0 spiro atoms. The summed E-state index contributed by atoms with van der Waals surface area (Å²) in [4.78, 5) is 0. The molecule has 1 fully saturated rings. The SMILES string of the molecule is Brc1ccc([C@@H]2CCCN2)cc1Br. The average Bonchev–Trinajstić information content (AvgIpc) is 2.62. The van der Waals surface area contributed by atoms with E-state index in [1.165, 1.54) is 18.4 Å². The van der Waals surface area contributed by atoms with E-state index >= 15 is 0 Å². The van der Waals surface area contributed by atoms with Crippen LogP contribution in [0.5, 0.6) is 0 Å². The maximum atomic E-state index is 3.52. The van der Waals surface area contributed by atoms with E-state index in [0.29, 0.717) is 6.04 Å². The molecule has 0 amide bonds. The van der Waals surface area contributed by atoms with Crippen molar-refractivity contribution < 1.29 is 0 Å². The van der Waals surface area contributed by atoms with Crippen LogP contribution >= 0.6 is 31.9 Å². The van der Waals surface area contributed by atoms with Crippen molar-refractivity contribution in [3.05, 3.63) is 32.7 Å². The highest BCUT2D eigenvalue weighted by atomic mass is 79.9. The first-order valence-electron chi connectivity index (χ1n) is 4.46. The molecule has 1 saturated heterocycles. The summed E-state index contributed by atoms with van der Waals surface area (Å²) in [5.74, 6) is 0. The van der Waals surface area contributed by atoms with Gasteiger partial charge in [0.25, 0.3) is 0 Å². The van der Waals surface area contributed by atoms with Crippen molar-refractivity contribution in [3.8, 4) is 0 Å². The largest absolute Gasteiger partial charge is 0.310 e. The second-order valence-electron chi connectivity index (χ2n) is 3.32. The molecular formula is C10H11Br2N. The number of benzene rings is 1. The van der Waals surface area contributed by atoms with Crippen LogP contribution in [0.4, 0.5) is 0 Å². The van der Waals surface area contributed by atoms with Crippen LogP contribution in [-0.2, 0) is 0 Å². The summed E-state index contributed by atoms with van der Waals surface area (Å²) in [5, 5.41) is 3.48. The Kier molecular flexibility index (Phi) is 3.06. The lowest BCUT2D eigenvalue weighted by molar-refractivity contribution is 0.647. The zero-order valence-electron chi connectivity index (χ0n) is 7.19. The van der Waals surface area contributed by atoms with Crippen LogP contribution in [0, 0.1) is 0 Å². The molecule has 1 aliphatic rings. The fourth-order valence-corrected chi connectivity index (χ4v) is 2.34. The minimum absolute atomic E-state index is 0.560. The van der Waals surface area contributed by atoms with E-state index in [4.69, 9.17) is 0 Å². The Bertz CT molecular complexity index is 306. The number of nitrogens with one attached hydrogen (secondary N) is 1. The first-order valence-corrected chi connectivity index (χ1v) is 6.04. The molecule has 0 unspecified atom stereocenters. The van der Waals surface area contributed by atoms with Crippen LogP contribution in [0.2, 0.25) is 0 Å². The Hall–Kier alpha value is 0.140. The summed E-state index contributed by atoms with van der Waals surface area (Å²) in [6.07, 6.45) is 2.55. The van der Waals surface area contributed by atoms with Crippen LogP contribution in [0.3, 0.4) is 0 Å². The monoisotopic (exact) mass is 303 g/mol. The molecule has 0 aromatic heterocycles. The first-order chi connectivity index (χ1) is 6.27. The van der Waals surface area contributed by atoms with Crippen LogP contribution < -0.4 is 5.32 Å². The lowest BCUT2D eigenvalue weighted by Gasteiger charge is -2.11. The van der Waals surface area contributed by atoms with Gasteiger partial charge in [-0.3, -0.25) is 0 Å². The highest BCUT2D eigenvalue weighted by molar-refractivity contribution is 9.13. The number of hydrogen-bond acceptors (Lipinski definition) is 1. The first kappa shape index (κ1) is 9.69. The van der Waals surface area contributed by atoms with Crippen molar-refractivity contribution in [1.82, 2.24) is 5.32 Å². The van der Waals surface area contributed by atoms with Gasteiger partial charge in [0.15, 0.2) is 0 Å². The molecule has 1 nitrogen and oxygen atoms in total. The highest BCUT2D eigenvalue weighted by Crippen LogP contribution is 2.29. The summed E-state index contributed by atoms with van der Waals surface area (Å²) in [7, 11) is 0. The van der Waals surface area contributed by atoms with E-state index < -0.39 is 0 Å². The molecule has 1 aliphatic heterocycles. The number of rotatable bonds is 1. The van der Waals surface area contributed by atoms with Gasteiger partial charge >= 0.3 is 0 Å². The molecule has 70 valence electrons. The third kappa shape index (κ3) is 2.14. The second-order valence-corrected chi connectivity index (χ2v) is 5.03. The predicted octanol–water partition coefficient (Wildman–Crippen LogP) is 3.64. The van der Waals surface area contributed by atoms with Gasteiger partial charge in [0.05, 0.1) is 0 Å². The smallest absolute Gasteiger partial charge is 0.0321 e. The molecule has 3 heteroatoms. The molecule has 1 aromatic carbocycles. The van der Waals surface area contributed by atoms with Gasteiger partial charge in [-0.1, -0.05) is 6.07 Å². The van der Waals surface area contributed by atoms with Crippen molar-refractivity contribution in [2.24, 2.45) is 0 Å². The minimum atomic E-state index is 0.560. The van der Waals surface area contributed by atoms with Gasteiger partial charge in [-0.2, -0.15) is 0 Å². The molecular weight excluding hydrogens is 294 g/mol. The minimum Gasteiger partial charge on any atom is -0.310 e. The molecule has 2 rings (SSSR count). The van der Waals surface area contributed by atoms with E-state index in [1.54, 1.807) is 0 Å². The standard InChI is InChI=1S/C10H11Br2N/c11-8-4-3-7(6-9(8)12)10-2-1-5-13-10/h3-4,6,10,13H,1-2,5H2/t10-/m0/s1. The molecule has 1 atom stereocenters. The van der Waals surface area contributed by atoms with E-state index in [1.807, 2.05) is 0 Å². The van der Waals surface area contributed by atoms with E-state index in [9.17, 15) is 0 Å². The van der Waals surface area contributed by atoms with Gasteiger partial charge in [0.1, 0.15) is 0 Å². The van der Waals surface area contributed by atoms with Gasteiger partial charge < -0.3 is 5.32 Å². The lowest BCUT2D eigenvalue weighted by Crippen LogP contribution is -2.12. The van der Waals surface area contributed by atoms with Crippen LogP contribution in [-0.4, -0.2) is 6.54 Å². The summed E-state index contributed by atoms with van der Waals surface area (Å²) >= 11 is 6.99. The second kappa shape index (κ2) is 4.11. The zero-order valence-corrected chi connectivity index (χ0v) is 10.4. The van der Waals surface area contributed by atoms with E-state index in [2.05, 4.69) is 55.4 Å². The Morgan fingerprint density at radius 1 is 1.23 bits per heavy atom. The fraction of sp³-hybridized carbons (Fsp3) is 0.400. The molecule has 0 aliphatic carbocycles. The third-order valence-electron chi connectivity index (χ3n) is 2.41. The van der Waals surface area contributed by atoms with E-state index in [-0.39, 0.29) is 0 Å². The van der Waals surface area contributed by atoms with Crippen molar-refractivity contribution in [2.45, 2.75) is 18.9 Å². The van der Waals surface area contributed by atoms with Gasteiger partial charge in [0.2, 0.25) is 0 Å². The highest BCUT2D eigenvalue weighted by Gasteiger charge is 2.16. The van der Waals surface area contributed by atoms with Gasteiger partial charge in [0, 0.05) is 15.0 Å². The van der Waals surface area contributed by atoms with Crippen molar-refractivity contribution in [3.63, 3.8) is 0 Å². The molecule has 13 heavy (non-hydrogen) atoms. The van der Waals surface area contributed by atoms with Crippen molar-refractivity contribution >= 4 is 31.9 Å². The Morgan fingerprint density at radius 2 is 2.08 bits per heavy atom. The summed E-state index contributed by atoms with van der Waals surface area (Å²) in [6, 6.07) is 7.02. The van der Waals surface area contributed by atoms with Crippen LogP contribution in [0.15, 0.2) is 27.1 Å². The summed E-state index contributed by atoms with van der Waals surface area (Å²) < 4.78 is 2.26. The van der Waals surface area contributed by atoms with E-state index in [0.717, 1.165) is 15.5 Å². The maximum absolute atomic E-state index is 3.52. The molecule has 0 saturated carbocycles. The molecule has 0 bridgehead atoms. The summed E-state index contributed by atoms with van der Waals surface area (Å²) in [6.45, 7) is 1.15. The quantitative estimate of drug-likeness (QED) is 0.835. The third-order valence-corrected chi connectivity index (χ3v) is 4.29. The molecule has 1 N–H and O–H groups in total. The van der Waals surface area contributed by atoms with Gasteiger partial charge in [-0.25, -0.2) is 0 Å². The molecule has 0 radical (unpaired) electrons. The van der Waals surface area contributed by atoms with Gasteiger partial charge in [-0.15, -0.1) is 0 Å². The normalized spacial score (nSPS) is 22.2. The Balaban J connectivity index is 2.25. The van der Waals surface area contributed by atoms with Crippen molar-refractivity contribution in [2.75, 3.05) is 6.54 Å². The number of halogens is 2. The Labute approximate surface area is 95.2 Å². The summed E-state index contributed by atoms with van der Waals surface area (Å²) in [5.41, 5.74) is 1.38. The topological polar surface area (TPSA) is 12.0 Å². The predicted molar refractivity (Wildman–Crippen MR) is 61.8 cm³/mol. The molecule has 1 heterocycles. The molecule has 1 aromatic rings. The van der Waals surface area contributed by atoms with Crippen LogP contribution in [0.1, 0.15) is 24.4 Å². The van der Waals surface area contributed by atoms with Crippen LogP contribution in [0.25, 0.3) is 0 Å². The zero-order chi connectivity index (χ0) is 9.26. The maximum Gasteiger partial charge on any atom is 0.0321 e. The average molecular weight is 305 g/mol. The Morgan fingerprint density at radius 3 is 2.69 bits per heavy atom. The lowest BCUT2D eigenvalue weighted by atomic mass is 10.1. The van der Waals surface area contributed by atoms with Crippen molar-refractivity contribution in [1.29, 1.82) is 0 Å². The number of hydrogen-bond donors (Lipinski definition) is 1.